The summed E-state index contributed by atoms with van der Waals surface area (Å²) in [4.78, 5) is 24.2. The molecule has 0 spiro atoms. The highest BCUT2D eigenvalue weighted by Gasteiger charge is 2.34. The van der Waals surface area contributed by atoms with Crippen LogP contribution in [0.4, 0.5) is 13.2 Å². The summed E-state index contributed by atoms with van der Waals surface area (Å²) in [7, 11) is 0. The molecule has 3 aromatic rings. The van der Waals surface area contributed by atoms with Crippen molar-refractivity contribution in [2.75, 3.05) is 0 Å². The molecule has 0 radical (unpaired) electrons. The quantitative estimate of drug-likeness (QED) is 0.753. The summed E-state index contributed by atoms with van der Waals surface area (Å²) >= 11 is 0. The molecule has 0 aliphatic rings. The van der Waals surface area contributed by atoms with E-state index in [0.717, 1.165) is 27.0 Å². The van der Waals surface area contributed by atoms with Gasteiger partial charge in [-0.25, -0.2) is 0 Å². The van der Waals surface area contributed by atoms with Gasteiger partial charge in [-0.15, -0.1) is 0 Å². The summed E-state index contributed by atoms with van der Waals surface area (Å²) in [5, 5.41) is 4.74. The number of carbonyl (C=O) groups excluding carboxylic acids is 1. The smallest absolute Gasteiger partial charge is 0.348 e. The van der Waals surface area contributed by atoms with Gasteiger partial charge in [-0.2, -0.15) is 13.2 Å². The van der Waals surface area contributed by atoms with Crippen molar-refractivity contribution < 1.29 is 18.0 Å². The Balaban J connectivity index is 1.79. The van der Waals surface area contributed by atoms with Crippen molar-refractivity contribution in [1.29, 1.82) is 0 Å². The Morgan fingerprint density at radius 1 is 1.07 bits per heavy atom. The van der Waals surface area contributed by atoms with Gasteiger partial charge >= 0.3 is 6.18 Å². The van der Waals surface area contributed by atoms with Crippen molar-refractivity contribution in [2.45, 2.75) is 25.7 Å². The van der Waals surface area contributed by atoms with E-state index < -0.39 is 29.8 Å². The van der Waals surface area contributed by atoms with Crippen LogP contribution >= 0.6 is 0 Å². The van der Waals surface area contributed by atoms with Gasteiger partial charge in [0.2, 0.25) is 5.91 Å². The highest BCUT2D eigenvalue weighted by molar-refractivity contribution is 5.86. The standard InChI is InChI=1S/C20H17F3N2O2/c1-13(15-9-4-7-14-6-2-3-8-16(14)15)24-18(26)12-25-11-5-10-17(19(25)27)20(21,22)23/h2-11,13H,12H2,1H3,(H,24,26). The van der Waals surface area contributed by atoms with Crippen molar-refractivity contribution >= 4 is 16.7 Å². The van der Waals surface area contributed by atoms with Crippen LogP contribution in [-0.4, -0.2) is 10.5 Å². The molecule has 1 heterocycles. The Labute approximate surface area is 153 Å². The van der Waals surface area contributed by atoms with Crippen molar-refractivity contribution in [1.82, 2.24) is 9.88 Å². The van der Waals surface area contributed by atoms with Crippen LogP contribution in [0, 0.1) is 0 Å². The third-order valence-corrected chi connectivity index (χ3v) is 4.31. The molecule has 0 fully saturated rings. The molecule has 1 unspecified atom stereocenters. The van der Waals surface area contributed by atoms with Gasteiger partial charge in [-0.1, -0.05) is 42.5 Å². The second-order valence-electron chi connectivity index (χ2n) is 6.21. The van der Waals surface area contributed by atoms with E-state index in [2.05, 4.69) is 5.32 Å². The number of pyridine rings is 1. The van der Waals surface area contributed by atoms with Crippen LogP contribution in [0.25, 0.3) is 10.8 Å². The number of fused-ring (bicyclic) bond motifs is 1. The van der Waals surface area contributed by atoms with E-state index in [-0.39, 0.29) is 6.04 Å². The Morgan fingerprint density at radius 2 is 1.78 bits per heavy atom. The molecule has 0 bridgehead atoms. The van der Waals surface area contributed by atoms with Crippen LogP contribution in [0.2, 0.25) is 0 Å². The third kappa shape index (κ3) is 4.02. The Bertz CT molecular complexity index is 1040. The molecule has 3 rings (SSSR count). The van der Waals surface area contributed by atoms with E-state index in [1.165, 1.54) is 6.20 Å². The summed E-state index contributed by atoms with van der Waals surface area (Å²) in [6, 6.07) is 14.8. The number of aromatic nitrogens is 1. The molecule has 140 valence electrons. The molecule has 0 saturated heterocycles. The molecule has 1 aromatic heterocycles. The minimum atomic E-state index is -4.76. The number of amides is 1. The van der Waals surface area contributed by atoms with Crippen LogP contribution in [0.15, 0.2) is 65.6 Å². The molecule has 2 aromatic carbocycles. The SMILES string of the molecule is CC(NC(=O)Cn1cccc(C(F)(F)F)c1=O)c1cccc2ccccc12. The zero-order valence-electron chi connectivity index (χ0n) is 14.5. The van der Waals surface area contributed by atoms with E-state index in [1.54, 1.807) is 6.92 Å². The number of halogens is 3. The lowest BCUT2D eigenvalue weighted by molar-refractivity contribution is -0.139. The van der Waals surface area contributed by atoms with Crippen LogP contribution in [0.1, 0.15) is 24.1 Å². The van der Waals surface area contributed by atoms with Crippen molar-refractivity contribution in [3.63, 3.8) is 0 Å². The topological polar surface area (TPSA) is 51.1 Å². The fourth-order valence-electron chi connectivity index (χ4n) is 3.02. The summed E-state index contributed by atoms with van der Waals surface area (Å²) < 4.78 is 39.3. The average molecular weight is 374 g/mol. The van der Waals surface area contributed by atoms with Gasteiger partial charge in [0.25, 0.3) is 5.56 Å². The summed E-state index contributed by atoms with van der Waals surface area (Å²) in [6.45, 7) is 1.30. The number of nitrogens with zero attached hydrogens (tertiary/aromatic N) is 1. The maximum Gasteiger partial charge on any atom is 0.421 e. The summed E-state index contributed by atoms with van der Waals surface area (Å²) in [5.41, 5.74) is -1.64. The number of carbonyl (C=O) groups is 1. The van der Waals surface area contributed by atoms with Gasteiger partial charge in [-0.3, -0.25) is 9.59 Å². The van der Waals surface area contributed by atoms with Crippen LogP contribution in [0.5, 0.6) is 0 Å². The minimum absolute atomic E-state index is 0.370. The first kappa shape index (κ1) is 18.7. The largest absolute Gasteiger partial charge is 0.421 e. The highest BCUT2D eigenvalue weighted by Crippen LogP contribution is 2.26. The first-order valence-electron chi connectivity index (χ1n) is 8.31. The molecule has 0 aliphatic carbocycles. The van der Waals surface area contributed by atoms with Gasteiger partial charge in [-0.05, 0) is 35.4 Å². The second kappa shape index (κ2) is 7.26. The zero-order valence-corrected chi connectivity index (χ0v) is 14.5. The molecule has 1 amide bonds. The zero-order chi connectivity index (χ0) is 19.6. The number of nitrogens with one attached hydrogen (secondary N) is 1. The highest BCUT2D eigenvalue weighted by atomic mass is 19.4. The normalized spacial score (nSPS) is 12.7. The molecule has 4 nitrogen and oxygen atoms in total. The first-order valence-corrected chi connectivity index (χ1v) is 8.31. The number of rotatable bonds is 4. The van der Waals surface area contributed by atoms with Gasteiger partial charge in [0.05, 0.1) is 6.04 Å². The van der Waals surface area contributed by atoms with E-state index >= 15 is 0 Å². The van der Waals surface area contributed by atoms with E-state index in [4.69, 9.17) is 0 Å². The molecule has 1 N–H and O–H groups in total. The predicted octanol–water partition coefficient (Wildman–Crippen LogP) is 3.90. The number of alkyl halides is 3. The Kier molecular flexibility index (Phi) is 5.03. The molecule has 0 saturated carbocycles. The van der Waals surface area contributed by atoms with E-state index in [9.17, 15) is 22.8 Å². The monoisotopic (exact) mass is 374 g/mol. The van der Waals surface area contributed by atoms with Crippen molar-refractivity contribution in [3.8, 4) is 0 Å². The van der Waals surface area contributed by atoms with Crippen LogP contribution in [-0.2, 0) is 17.5 Å². The first-order chi connectivity index (χ1) is 12.8. The molecule has 7 heteroatoms. The maximum atomic E-state index is 12.8. The maximum absolute atomic E-state index is 12.8. The second-order valence-corrected chi connectivity index (χ2v) is 6.21. The predicted molar refractivity (Wildman–Crippen MR) is 96.2 cm³/mol. The lowest BCUT2D eigenvalue weighted by Gasteiger charge is -2.17. The number of hydrogen-bond donors (Lipinski definition) is 1. The van der Waals surface area contributed by atoms with Crippen molar-refractivity contribution in [3.05, 3.63) is 82.3 Å². The lowest BCUT2D eigenvalue weighted by atomic mass is 10.00. The average Bonchev–Trinajstić information content (AvgIpc) is 2.62. The van der Waals surface area contributed by atoms with Gasteiger partial charge in [0, 0.05) is 6.20 Å². The fraction of sp³-hybridized carbons (Fsp3) is 0.200. The van der Waals surface area contributed by atoms with E-state index in [0.29, 0.717) is 6.07 Å². The molecule has 1 atom stereocenters. The van der Waals surface area contributed by atoms with Gasteiger partial charge in [0.1, 0.15) is 12.1 Å². The molecular weight excluding hydrogens is 357 g/mol. The van der Waals surface area contributed by atoms with E-state index in [1.807, 2.05) is 42.5 Å². The fourth-order valence-corrected chi connectivity index (χ4v) is 3.02. The number of hydrogen-bond acceptors (Lipinski definition) is 2. The summed E-state index contributed by atoms with van der Waals surface area (Å²) in [5.74, 6) is -0.545. The minimum Gasteiger partial charge on any atom is -0.348 e. The van der Waals surface area contributed by atoms with Gasteiger partial charge in [0.15, 0.2) is 0 Å². The molecule has 0 aliphatic heterocycles. The lowest BCUT2D eigenvalue weighted by Crippen LogP contribution is -2.35. The molecule has 27 heavy (non-hydrogen) atoms. The van der Waals surface area contributed by atoms with Crippen LogP contribution in [0.3, 0.4) is 0 Å². The van der Waals surface area contributed by atoms with Crippen LogP contribution < -0.4 is 10.9 Å². The molecular formula is C20H17F3N2O2. The summed E-state index contributed by atoms with van der Waals surface area (Å²) in [6.07, 6.45) is -3.59. The van der Waals surface area contributed by atoms with Crippen molar-refractivity contribution in [2.24, 2.45) is 0 Å². The Hall–Kier alpha value is -3.09. The van der Waals surface area contributed by atoms with Gasteiger partial charge < -0.3 is 9.88 Å². The Morgan fingerprint density at radius 3 is 2.52 bits per heavy atom. The number of benzene rings is 2. The third-order valence-electron chi connectivity index (χ3n) is 4.31.